The highest BCUT2D eigenvalue weighted by atomic mass is 35.5. The van der Waals surface area contributed by atoms with Crippen LogP contribution in [-0.2, 0) is 13.1 Å². The van der Waals surface area contributed by atoms with E-state index in [2.05, 4.69) is 10.3 Å². The summed E-state index contributed by atoms with van der Waals surface area (Å²) in [5.74, 6) is -0.805. The molecule has 0 fully saturated rings. The Balaban J connectivity index is 1.56. The molecule has 0 radical (unpaired) electrons. The van der Waals surface area contributed by atoms with E-state index < -0.39 is 0 Å². The molecule has 9 heteroatoms. The molecule has 2 heterocycles. The lowest BCUT2D eigenvalue weighted by atomic mass is 10.1. The molecule has 0 atom stereocenters. The number of aromatic hydroxyl groups is 1. The van der Waals surface area contributed by atoms with Crippen LogP contribution >= 0.6 is 34.5 Å². The molecule has 0 unspecified atom stereocenters. The fourth-order valence-corrected chi connectivity index (χ4v) is 4.15. The Hall–Kier alpha value is -2.61. The highest BCUT2D eigenvalue weighted by molar-refractivity contribution is 7.15. The Bertz CT molecular complexity index is 1060. The summed E-state index contributed by atoms with van der Waals surface area (Å²) in [5, 5.41) is 13.4. The number of thiazole rings is 1. The van der Waals surface area contributed by atoms with Crippen LogP contribution in [0.25, 0.3) is 0 Å². The zero-order valence-corrected chi connectivity index (χ0v) is 16.6. The van der Waals surface area contributed by atoms with E-state index in [1.54, 1.807) is 36.5 Å². The van der Waals surface area contributed by atoms with Gasteiger partial charge in [-0.3, -0.25) is 14.5 Å². The second kappa shape index (κ2) is 7.43. The second-order valence-corrected chi connectivity index (χ2v) is 8.25. The molecule has 2 N–H and O–H groups in total. The summed E-state index contributed by atoms with van der Waals surface area (Å²) < 4.78 is 0.429. The van der Waals surface area contributed by atoms with Crippen molar-refractivity contribution in [2.24, 2.45) is 0 Å². The summed E-state index contributed by atoms with van der Waals surface area (Å²) in [6, 6.07) is 9.90. The highest BCUT2D eigenvalue weighted by Gasteiger charge is 2.35. The van der Waals surface area contributed by atoms with Gasteiger partial charge in [0.2, 0.25) is 0 Å². The first kappa shape index (κ1) is 18.7. The molecular weight excluding hydrogens is 421 g/mol. The minimum atomic E-state index is -0.349. The van der Waals surface area contributed by atoms with Crippen LogP contribution in [0.5, 0.6) is 5.75 Å². The quantitative estimate of drug-likeness (QED) is 0.454. The van der Waals surface area contributed by atoms with Crippen molar-refractivity contribution in [1.29, 1.82) is 0 Å². The number of fused-ring (bicyclic) bond motifs is 1. The van der Waals surface area contributed by atoms with E-state index in [-0.39, 0.29) is 29.1 Å². The number of halogens is 2. The fourth-order valence-electron chi connectivity index (χ4n) is 2.99. The van der Waals surface area contributed by atoms with E-state index in [1.807, 2.05) is 0 Å². The lowest BCUT2D eigenvalue weighted by Gasteiger charge is -2.16. The van der Waals surface area contributed by atoms with Crippen molar-refractivity contribution in [2.75, 3.05) is 5.32 Å². The third kappa shape index (κ3) is 3.44. The van der Waals surface area contributed by atoms with E-state index in [0.717, 1.165) is 4.88 Å². The number of phenols is 1. The van der Waals surface area contributed by atoms with Crippen molar-refractivity contribution in [3.63, 3.8) is 0 Å². The summed E-state index contributed by atoms with van der Waals surface area (Å²) in [5.41, 5.74) is 1.78. The molecule has 28 heavy (non-hydrogen) atoms. The number of aromatic nitrogens is 1. The largest absolute Gasteiger partial charge is 0.504 e. The van der Waals surface area contributed by atoms with Crippen LogP contribution in [0.4, 0.5) is 5.69 Å². The zero-order valence-electron chi connectivity index (χ0n) is 14.3. The number of rotatable bonds is 5. The number of imide groups is 1. The van der Waals surface area contributed by atoms with Gasteiger partial charge in [-0.15, -0.1) is 11.3 Å². The van der Waals surface area contributed by atoms with Crippen molar-refractivity contribution in [2.45, 2.75) is 13.1 Å². The molecule has 3 aromatic rings. The number of anilines is 1. The molecule has 1 aromatic heterocycles. The van der Waals surface area contributed by atoms with Crippen molar-refractivity contribution in [3.05, 3.63) is 73.7 Å². The number of carbonyl (C=O) groups is 2. The summed E-state index contributed by atoms with van der Waals surface area (Å²) in [6.45, 7) is 0.443. The van der Waals surface area contributed by atoms with Crippen LogP contribution in [0.3, 0.4) is 0 Å². The van der Waals surface area contributed by atoms with E-state index >= 15 is 0 Å². The first-order valence-corrected chi connectivity index (χ1v) is 9.82. The molecule has 6 nitrogen and oxygen atoms in total. The van der Waals surface area contributed by atoms with Crippen molar-refractivity contribution in [1.82, 2.24) is 9.88 Å². The molecule has 1 aliphatic heterocycles. The lowest BCUT2D eigenvalue weighted by molar-refractivity contribution is 0.0642. The van der Waals surface area contributed by atoms with Gasteiger partial charge in [-0.25, -0.2) is 4.98 Å². The van der Waals surface area contributed by atoms with Gasteiger partial charge in [0.15, 0.2) is 10.2 Å². The van der Waals surface area contributed by atoms with E-state index in [9.17, 15) is 14.7 Å². The molecule has 142 valence electrons. The maximum atomic E-state index is 12.6. The Morgan fingerprint density at radius 3 is 2.39 bits per heavy atom. The molecule has 0 spiro atoms. The topological polar surface area (TPSA) is 82.5 Å². The van der Waals surface area contributed by atoms with Crippen LogP contribution in [0, 0.1) is 0 Å². The van der Waals surface area contributed by atoms with Gasteiger partial charge in [0.05, 0.1) is 34.9 Å². The maximum absolute atomic E-state index is 12.6. The van der Waals surface area contributed by atoms with Gasteiger partial charge in [-0.05, 0) is 29.8 Å². The molecule has 4 rings (SSSR count). The summed E-state index contributed by atoms with van der Waals surface area (Å²) in [7, 11) is 0. The number of hydrogen-bond acceptors (Lipinski definition) is 6. The Morgan fingerprint density at radius 2 is 1.79 bits per heavy atom. The average molecular weight is 434 g/mol. The van der Waals surface area contributed by atoms with Crippen LogP contribution in [0.15, 0.2) is 42.6 Å². The van der Waals surface area contributed by atoms with Gasteiger partial charge in [0, 0.05) is 11.1 Å². The summed E-state index contributed by atoms with van der Waals surface area (Å²) in [4.78, 5) is 31.1. The smallest absolute Gasteiger partial charge is 0.261 e. The van der Waals surface area contributed by atoms with Crippen molar-refractivity contribution >= 4 is 52.0 Å². The van der Waals surface area contributed by atoms with Gasteiger partial charge in [0.25, 0.3) is 11.8 Å². The Morgan fingerprint density at radius 1 is 1.11 bits per heavy atom. The molecule has 2 aromatic carbocycles. The summed E-state index contributed by atoms with van der Waals surface area (Å²) in [6.07, 6.45) is 1.64. The monoisotopic (exact) mass is 433 g/mol. The first-order valence-electron chi connectivity index (χ1n) is 8.24. The molecule has 2 amide bonds. The fraction of sp³-hybridized carbons (Fsp3) is 0.105. The van der Waals surface area contributed by atoms with Gasteiger partial charge in [-0.2, -0.15) is 0 Å². The van der Waals surface area contributed by atoms with E-state index in [0.29, 0.717) is 33.4 Å². The van der Waals surface area contributed by atoms with Gasteiger partial charge < -0.3 is 10.4 Å². The van der Waals surface area contributed by atoms with Crippen LogP contribution in [-0.4, -0.2) is 26.8 Å². The minimum Gasteiger partial charge on any atom is -0.504 e. The SMILES string of the molecule is O=C1c2ccccc2C(=O)N1Cc1cc(Cl)c(O)c(NCc2cnc(Cl)s2)c1. The molecule has 0 saturated heterocycles. The van der Waals surface area contributed by atoms with Crippen molar-refractivity contribution < 1.29 is 14.7 Å². The van der Waals surface area contributed by atoms with Crippen LogP contribution < -0.4 is 5.32 Å². The number of amides is 2. The number of nitrogens with zero attached hydrogens (tertiary/aromatic N) is 2. The highest BCUT2D eigenvalue weighted by Crippen LogP contribution is 2.35. The molecule has 1 aliphatic rings. The number of benzene rings is 2. The first-order chi connectivity index (χ1) is 13.4. The standard InChI is InChI=1S/C19H13Cl2N3O3S/c20-14-5-10(6-15(16(14)25)22-7-11-8-23-19(21)28-11)9-24-17(26)12-3-1-2-4-13(12)18(24)27/h1-6,8,22,25H,7,9H2. The Kier molecular flexibility index (Phi) is 4.97. The number of phenolic OH excluding ortho intramolecular Hbond substituents is 1. The average Bonchev–Trinajstić information content (AvgIpc) is 3.20. The third-order valence-electron chi connectivity index (χ3n) is 4.32. The van der Waals surface area contributed by atoms with Crippen LogP contribution in [0.2, 0.25) is 9.49 Å². The zero-order chi connectivity index (χ0) is 19.8. The minimum absolute atomic E-state index is 0.0490. The number of carbonyl (C=O) groups excluding carboxylic acids is 2. The van der Waals surface area contributed by atoms with Crippen molar-refractivity contribution in [3.8, 4) is 5.75 Å². The van der Waals surface area contributed by atoms with Gasteiger partial charge >= 0.3 is 0 Å². The van der Waals surface area contributed by atoms with Crippen LogP contribution in [0.1, 0.15) is 31.2 Å². The maximum Gasteiger partial charge on any atom is 0.261 e. The second-order valence-electron chi connectivity index (χ2n) is 6.15. The normalized spacial score (nSPS) is 13.1. The number of hydrogen-bond donors (Lipinski definition) is 2. The Labute approximate surface area is 174 Å². The lowest BCUT2D eigenvalue weighted by Crippen LogP contribution is -2.29. The third-order valence-corrected chi connectivity index (χ3v) is 5.72. The van der Waals surface area contributed by atoms with E-state index in [4.69, 9.17) is 23.2 Å². The molecule has 0 saturated carbocycles. The van der Waals surface area contributed by atoms with Gasteiger partial charge in [0.1, 0.15) is 0 Å². The molecule has 0 aliphatic carbocycles. The predicted octanol–water partition coefficient (Wildman–Crippen LogP) is 4.56. The molecular formula is C19H13Cl2N3O3S. The molecule has 0 bridgehead atoms. The van der Waals surface area contributed by atoms with Gasteiger partial charge in [-0.1, -0.05) is 35.3 Å². The van der Waals surface area contributed by atoms with E-state index in [1.165, 1.54) is 22.3 Å². The number of nitrogens with one attached hydrogen (secondary N) is 1. The predicted molar refractivity (Wildman–Crippen MR) is 108 cm³/mol. The summed E-state index contributed by atoms with van der Waals surface area (Å²) >= 11 is 13.3.